The van der Waals surface area contributed by atoms with Gasteiger partial charge in [-0.3, -0.25) is 0 Å². The lowest BCUT2D eigenvalue weighted by Crippen LogP contribution is -2.07. The zero-order chi connectivity index (χ0) is 13.8. The summed E-state index contributed by atoms with van der Waals surface area (Å²) >= 11 is 0. The van der Waals surface area contributed by atoms with Crippen molar-refractivity contribution < 1.29 is 0 Å². The molecular weight excluding hydrogens is 230 g/mol. The Morgan fingerprint density at radius 3 is 1.89 bits per heavy atom. The minimum absolute atomic E-state index is 1.23. The topological polar surface area (TPSA) is 3.24 Å². The van der Waals surface area contributed by atoms with Gasteiger partial charge in [-0.05, 0) is 48.2 Å². The van der Waals surface area contributed by atoms with Crippen molar-refractivity contribution in [1.82, 2.24) is 0 Å². The van der Waals surface area contributed by atoms with Crippen LogP contribution >= 0.6 is 0 Å². The summed E-state index contributed by atoms with van der Waals surface area (Å²) in [5, 5.41) is 0. The number of benzene rings is 2. The predicted octanol–water partition coefficient (Wildman–Crippen LogP) is 4.54. The first-order valence-corrected chi connectivity index (χ1v) is 6.59. The molecule has 0 spiro atoms. The minimum Gasteiger partial charge on any atom is -0.378 e. The fourth-order valence-electron chi connectivity index (χ4n) is 1.94. The largest absolute Gasteiger partial charge is 0.378 e. The molecule has 0 saturated heterocycles. The maximum Gasteiger partial charge on any atom is 0.0361 e. The van der Waals surface area contributed by atoms with Crippen molar-refractivity contribution in [3.63, 3.8) is 0 Å². The van der Waals surface area contributed by atoms with Gasteiger partial charge in [0, 0.05) is 19.8 Å². The number of rotatable bonds is 3. The van der Waals surface area contributed by atoms with Gasteiger partial charge in [0.1, 0.15) is 0 Å². The second kappa shape index (κ2) is 5.75. The van der Waals surface area contributed by atoms with Crippen LogP contribution in [0.25, 0.3) is 12.2 Å². The van der Waals surface area contributed by atoms with Crippen molar-refractivity contribution in [2.24, 2.45) is 0 Å². The van der Waals surface area contributed by atoms with Gasteiger partial charge in [-0.15, -0.1) is 0 Å². The molecule has 0 aliphatic rings. The maximum atomic E-state index is 2.22. The molecule has 0 N–H and O–H groups in total. The Hall–Kier alpha value is -2.02. The Bertz CT molecular complexity index is 577. The van der Waals surface area contributed by atoms with Gasteiger partial charge in [0.15, 0.2) is 0 Å². The van der Waals surface area contributed by atoms with Gasteiger partial charge in [-0.1, -0.05) is 42.5 Å². The molecule has 0 heterocycles. The molecule has 0 aromatic heterocycles. The molecule has 0 amide bonds. The zero-order valence-electron chi connectivity index (χ0n) is 12.1. The quantitative estimate of drug-likeness (QED) is 0.724. The Labute approximate surface area is 116 Å². The highest BCUT2D eigenvalue weighted by Gasteiger charge is 1.95. The van der Waals surface area contributed by atoms with Crippen LogP contribution in [0, 0.1) is 13.8 Å². The van der Waals surface area contributed by atoms with Gasteiger partial charge in [0.25, 0.3) is 0 Å². The molecule has 0 atom stereocenters. The number of hydrogen-bond donors (Lipinski definition) is 0. The van der Waals surface area contributed by atoms with E-state index in [4.69, 9.17) is 0 Å². The van der Waals surface area contributed by atoms with E-state index in [0.717, 1.165) is 0 Å². The summed E-state index contributed by atoms with van der Waals surface area (Å²) in [6.07, 6.45) is 4.32. The van der Waals surface area contributed by atoms with E-state index >= 15 is 0 Å². The first kappa shape index (κ1) is 13.4. The summed E-state index contributed by atoms with van der Waals surface area (Å²) in [5.41, 5.74) is 6.38. The molecule has 0 aliphatic heterocycles. The highest BCUT2D eigenvalue weighted by Crippen LogP contribution is 2.16. The number of hydrogen-bond acceptors (Lipinski definition) is 1. The van der Waals surface area contributed by atoms with Crippen LogP contribution in [0.3, 0.4) is 0 Å². The third-order valence-corrected chi connectivity index (χ3v) is 3.41. The van der Waals surface area contributed by atoms with Gasteiger partial charge < -0.3 is 4.90 Å². The van der Waals surface area contributed by atoms with Crippen LogP contribution in [0.2, 0.25) is 0 Å². The van der Waals surface area contributed by atoms with Crippen LogP contribution < -0.4 is 4.90 Å². The van der Waals surface area contributed by atoms with Crippen LogP contribution in [0.1, 0.15) is 22.3 Å². The molecule has 2 aromatic rings. The molecule has 2 rings (SSSR count). The average Bonchev–Trinajstić information content (AvgIpc) is 2.40. The summed E-state index contributed by atoms with van der Waals surface area (Å²) in [4.78, 5) is 2.11. The normalized spacial score (nSPS) is 10.9. The summed E-state index contributed by atoms with van der Waals surface area (Å²) in [7, 11) is 4.11. The van der Waals surface area contributed by atoms with E-state index in [9.17, 15) is 0 Å². The van der Waals surface area contributed by atoms with Crippen LogP contribution in [0.4, 0.5) is 5.69 Å². The summed E-state index contributed by atoms with van der Waals surface area (Å²) in [6, 6.07) is 15.1. The lowest BCUT2D eigenvalue weighted by molar-refractivity contribution is 1.13. The lowest BCUT2D eigenvalue weighted by atomic mass is 10.1. The standard InChI is InChI=1S/C18H21N/c1-14-5-6-17(13-15(14)2)8-7-16-9-11-18(12-10-16)19(3)4/h5-13H,1-4H3/b8-7+. The van der Waals surface area contributed by atoms with E-state index < -0.39 is 0 Å². The van der Waals surface area contributed by atoms with Crippen LogP contribution in [-0.4, -0.2) is 14.1 Å². The highest BCUT2D eigenvalue weighted by atomic mass is 15.1. The SMILES string of the molecule is Cc1ccc(/C=C/c2ccc(N(C)C)cc2)cc1C. The Balaban J connectivity index is 2.15. The molecular formula is C18H21N. The number of anilines is 1. The zero-order valence-corrected chi connectivity index (χ0v) is 12.1. The van der Waals surface area contributed by atoms with Crippen LogP contribution in [0.5, 0.6) is 0 Å². The van der Waals surface area contributed by atoms with Crippen molar-refractivity contribution in [2.75, 3.05) is 19.0 Å². The first-order chi connectivity index (χ1) is 9.06. The van der Waals surface area contributed by atoms with Crippen LogP contribution in [-0.2, 0) is 0 Å². The Morgan fingerprint density at radius 2 is 1.32 bits per heavy atom. The molecule has 1 heteroatoms. The molecule has 2 aromatic carbocycles. The molecule has 1 nitrogen and oxygen atoms in total. The first-order valence-electron chi connectivity index (χ1n) is 6.59. The maximum absolute atomic E-state index is 2.22. The fraction of sp³-hybridized carbons (Fsp3) is 0.222. The average molecular weight is 251 g/mol. The second-order valence-corrected chi connectivity index (χ2v) is 5.16. The van der Waals surface area contributed by atoms with E-state index in [1.807, 2.05) is 0 Å². The minimum atomic E-state index is 1.23. The molecule has 0 unspecified atom stereocenters. The predicted molar refractivity (Wildman–Crippen MR) is 85.6 cm³/mol. The molecule has 0 bridgehead atoms. The second-order valence-electron chi connectivity index (χ2n) is 5.16. The van der Waals surface area contributed by atoms with E-state index in [0.29, 0.717) is 0 Å². The monoisotopic (exact) mass is 251 g/mol. The summed E-state index contributed by atoms with van der Waals surface area (Å²) in [5.74, 6) is 0. The Morgan fingerprint density at radius 1 is 0.737 bits per heavy atom. The fourth-order valence-corrected chi connectivity index (χ4v) is 1.94. The van der Waals surface area contributed by atoms with E-state index in [1.54, 1.807) is 0 Å². The van der Waals surface area contributed by atoms with Crippen molar-refractivity contribution in [3.8, 4) is 0 Å². The molecule has 0 aliphatic carbocycles. The highest BCUT2D eigenvalue weighted by molar-refractivity contribution is 5.70. The number of aryl methyl sites for hydroxylation is 2. The van der Waals surface area contributed by atoms with Gasteiger partial charge >= 0.3 is 0 Å². The smallest absolute Gasteiger partial charge is 0.0361 e. The third-order valence-electron chi connectivity index (χ3n) is 3.41. The third kappa shape index (κ3) is 3.47. The van der Waals surface area contributed by atoms with Gasteiger partial charge in [-0.25, -0.2) is 0 Å². The lowest BCUT2D eigenvalue weighted by Gasteiger charge is -2.11. The van der Waals surface area contributed by atoms with E-state index in [2.05, 4.69) is 87.5 Å². The van der Waals surface area contributed by atoms with E-state index in [-0.39, 0.29) is 0 Å². The van der Waals surface area contributed by atoms with Crippen molar-refractivity contribution >= 4 is 17.8 Å². The van der Waals surface area contributed by atoms with Crippen molar-refractivity contribution in [3.05, 3.63) is 64.7 Å². The molecule has 0 fully saturated rings. The molecule has 0 saturated carbocycles. The van der Waals surface area contributed by atoms with Crippen molar-refractivity contribution in [2.45, 2.75) is 13.8 Å². The van der Waals surface area contributed by atoms with Gasteiger partial charge in [0.05, 0.1) is 0 Å². The summed E-state index contributed by atoms with van der Waals surface area (Å²) < 4.78 is 0. The summed E-state index contributed by atoms with van der Waals surface area (Å²) in [6.45, 7) is 4.29. The molecule has 98 valence electrons. The molecule has 0 radical (unpaired) electrons. The van der Waals surface area contributed by atoms with Crippen molar-refractivity contribution in [1.29, 1.82) is 0 Å². The van der Waals surface area contributed by atoms with Gasteiger partial charge in [-0.2, -0.15) is 0 Å². The Kier molecular flexibility index (Phi) is 4.06. The number of nitrogens with zero attached hydrogens (tertiary/aromatic N) is 1. The molecule has 19 heavy (non-hydrogen) atoms. The van der Waals surface area contributed by atoms with E-state index in [1.165, 1.54) is 27.9 Å². The van der Waals surface area contributed by atoms with Gasteiger partial charge in [0.2, 0.25) is 0 Å². The van der Waals surface area contributed by atoms with Crippen LogP contribution in [0.15, 0.2) is 42.5 Å².